The molecule has 31 heavy (non-hydrogen) atoms. The van der Waals surface area contributed by atoms with Crippen LogP contribution in [-0.2, 0) is 10.9 Å². The van der Waals surface area contributed by atoms with Gasteiger partial charge in [-0.1, -0.05) is 0 Å². The molecule has 1 aliphatic heterocycles. The van der Waals surface area contributed by atoms with Crippen molar-refractivity contribution in [1.82, 2.24) is 0 Å². The molecule has 0 saturated carbocycles. The molecule has 0 spiro atoms. The SMILES string of the molecule is CN(C)c1ccc(C(F)(F)F)cc1NC(=O)c1ccc(N2CCOCC2)c([N+](=O)[O-])c1. The monoisotopic (exact) mass is 438 g/mol. The number of nitro groups is 1. The molecule has 1 aliphatic rings. The predicted molar refractivity (Wildman–Crippen MR) is 110 cm³/mol. The summed E-state index contributed by atoms with van der Waals surface area (Å²) >= 11 is 0. The Morgan fingerprint density at radius 3 is 2.42 bits per heavy atom. The Morgan fingerprint density at radius 2 is 1.84 bits per heavy atom. The Balaban J connectivity index is 1.93. The summed E-state index contributed by atoms with van der Waals surface area (Å²) in [5.41, 5.74) is -0.539. The highest BCUT2D eigenvalue weighted by molar-refractivity contribution is 6.06. The van der Waals surface area contributed by atoms with E-state index < -0.39 is 22.6 Å². The Bertz CT molecular complexity index is 989. The number of carbonyl (C=O) groups is 1. The Morgan fingerprint density at radius 1 is 1.16 bits per heavy atom. The Kier molecular flexibility index (Phi) is 6.34. The number of hydrogen-bond acceptors (Lipinski definition) is 6. The molecule has 3 rings (SSSR count). The van der Waals surface area contributed by atoms with Crippen LogP contribution >= 0.6 is 0 Å². The molecule has 0 aliphatic carbocycles. The van der Waals surface area contributed by atoms with Crippen molar-refractivity contribution in [2.75, 3.05) is 55.5 Å². The van der Waals surface area contributed by atoms with Gasteiger partial charge in [0.05, 0.1) is 35.1 Å². The molecule has 2 aromatic carbocycles. The lowest BCUT2D eigenvalue weighted by molar-refractivity contribution is -0.384. The van der Waals surface area contributed by atoms with E-state index in [1.54, 1.807) is 23.9 Å². The number of ether oxygens (including phenoxy) is 1. The quantitative estimate of drug-likeness (QED) is 0.565. The van der Waals surface area contributed by atoms with Crippen LogP contribution in [0.5, 0.6) is 0 Å². The standard InChI is InChI=1S/C20H21F3N4O4/c1-25(2)16-6-4-14(20(21,22)23)12-15(16)24-19(28)13-3-5-17(18(11-13)27(29)30)26-7-9-31-10-8-26/h3-6,11-12H,7-10H2,1-2H3,(H,24,28). The molecule has 0 unspecified atom stereocenters. The zero-order valence-electron chi connectivity index (χ0n) is 16.9. The summed E-state index contributed by atoms with van der Waals surface area (Å²) in [5.74, 6) is -0.751. The van der Waals surface area contributed by atoms with Crippen LogP contribution in [0.15, 0.2) is 36.4 Å². The number of alkyl halides is 3. The van der Waals surface area contributed by atoms with Crippen LogP contribution in [-0.4, -0.2) is 51.2 Å². The number of nitro benzene ring substituents is 1. The van der Waals surface area contributed by atoms with Crippen LogP contribution in [0.1, 0.15) is 15.9 Å². The van der Waals surface area contributed by atoms with Crippen molar-refractivity contribution in [3.63, 3.8) is 0 Å². The molecule has 1 heterocycles. The number of anilines is 3. The molecule has 2 aromatic rings. The minimum atomic E-state index is -4.58. The van der Waals surface area contributed by atoms with Crippen LogP contribution in [0.2, 0.25) is 0 Å². The molecule has 1 saturated heterocycles. The van der Waals surface area contributed by atoms with Crippen LogP contribution in [0.25, 0.3) is 0 Å². The minimum absolute atomic E-state index is 0.0363. The number of benzene rings is 2. The number of hydrogen-bond donors (Lipinski definition) is 1. The van der Waals surface area contributed by atoms with Gasteiger partial charge in [0.1, 0.15) is 5.69 Å². The number of nitrogens with one attached hydrogen (secondary N) is 1. The summed E-state index contributed by atoms with van der Waals surface area (Å²) in [6.45, 7) is 1.82. The Labute approximate surface area is 176 Å². The zero-order chi connectivity index (χ0) is 22.8. The maximum Gasteiger partial charge on any atom is 0.416 e. The van der Waals surface area contributed by atoms with Crippen LogP contribution in [0.3, 0.4) is 0 Å². The number of carbonyl (C=O) groups excluding carboxylic acids is 1. The Hall–Kier alpha value is -3.34. The van der Waals surface area contributed by atoms with Crippen molar-refractivity contribution < 1.29 is 27.6 Å². The lowest BCUT2D eigenvalue weighted by Crippen LogP contribution is -2.36. The maximum atomic E-state index is 13.1. The average molecular weight is 438 g/mol. The van der Waals surface area contributed by atoms with Gasteiger partial charge in [0.2, 0.25) is 0 Å². The van der Waals surface area contributed by atoms with Gasteiger partial charge in [-0.05, 0) is 30.3 Å². The molecule has 166 valence electrons. The fourth-order valence-electron chi connectivity index (χ4n) is 3.28. The second-order valence-corrected chi connectivity index (χ2v) is 7.14. The van der Waals surface area contributed by atoms with Crippen LogP contribution < -0.4 is 15.1 Å². The maximum absolute atomic E-state index is 13.1. The summed E-state index contributed by atoms with van der Waals surface area (Å²) < 4.78 is 44.6. The van der Waals surface area contributed by atoms with Crippen molar-refractivity contribution in [1.29, 1.82) is 0 Å². The van der Waals surface area contributed by atoms with Gasteiger partial charge in [-0.25, -0.2) is 0 Å². The molecule has 0 atom stereocenters. The van der Waals surface area contributed by atoms with Crippen LogP contribution in [0, 0.1) is 10.1 Å². The van der Waals surface area contributed by atoms with Gasteiger partial charge >= 0.3 is 6.18 Å². The number of amides is 1. The van der Waals surface area contributed by atoms with E-state index in [1.807, 2.05) is 0 Å². The molecular weight excluding hydrogens is 417 g/mol. The summed E-state index contributed by atoms with van der Waals surface area (Å²) in [6, 6.07) is 7.02. The third kappa shape index (κ3) is 5.05. The highest BCUT2D eigenvalue weighted by atomic mass is 19.4. The van der Waals surface area contributed by atoms with Crippen LogP contribution in [0.4, 0.5) is 35.9 Å². The van der Waals surface area contributed by atoms with Crippen molar-refractivity contribution >= 4 is 28.7 Å². The topological polar surface area (TPSA) is 88.0 Å². The van der Waals surface area contributed by atoms with Crippen molar-refractivity contribution in [2.24, 2.45) is 0 Å². The first-order valence-electron chi connectivity index (χ1n) is 9.39. The van der Waals surface area contributed by atoms with Gasteiger partial charge in [-0.3, -0.25) is 14.9 Å². The van der Waals surface area contributed by atoms with Gasteiger partial charge in [-0.15, -0.1) is 0 Å². The van der Waals surface area contributed by atoms with Gasteiger partial charge in [0, 0.05) is 38.8 Å². The third-order valence-corrected chi connectivity index (χ3v) is 4.84. The van der Waals surface area contributed by atoms with Crippen molar-refractivity contribution in [3.8, 4) is 0 Å². The lowest BCUT2D eigenvalue weighted by atomic mass is 10.1. The summed E-state index contributed by atoms with van der Waals surface area (Å²) in [7, 11) is 3.25. The first kappa shape index (κ1) is 22.3. The molecule has 8 nitrogen and oxygen atoms in total. The van der Waals surface area contributed by atoms with E-state index in [2.05, 4.69) is 5.32 Å². The summed E-state index contributed by atoms with van der Waals surface area (Å²) in [6.07, 6.45) is -4.58. The number of rotatable bonds is 5. The van der Waals surface area contributed by atoms with Crippen molar-refractivity contribution in [2.45, 2.75) is 6.18 Å². The molecule has 0 aromatic heterocycles. The number of nitrogens with zero attached hydrogens (tertiary/aromatic N) is 3. The minimum Gasteiger partial charge on any atom is -0.378 e. The van der Waals surface area contributed by atoms with Gasteiger partial charge in [-0.2, -0.15) is 13.2 Å². The second kappa shape index (κ2) is 8.80. The third-order valence-electron chi connectivity index (χ3n) is 4.84. The highest BCUT2D eigenvalue weighted by Crippen LogP contribution is 2.35. The van der Waals surface area contributed by atoms with E-state index in [0.717, 1.165) is 18.2 Å². The summed E-state index contributed by atoms with van der Waals surface area (Å²) in [4.78, 5) is 27.1. The van der Waals surface area contributed by atoms with E-state index >= 15 is 0 Å². The highest BCUT2D eigenvalue weighted by Gasteiger charge is 2.31. The van der Waals surface area contributed by atoms with Gasteiger partial charge < -0.3 is 19.9 Å². The van der Waals surface area contributed by atoms with Crippen molar-refractivity contribution in [3.05, 3.63) is 57.6 Å². The van der Waals surface area contributed by atoms with Gasteiger partial charge in [0.25, 0.3) is 11.6 Å². The largest absolute Gasteiger partial charge is 0.416 e. The first-order chi connectivity index (χ1) is 14.6. The second-order valence-electron chi connectivity index (χ2n) is 7.14. The predicted octanol–water partition coefficient (Wildman–Crippen LogP) is 3.77. The molecule has 0 radical (unpaired) electrons. The molecule has 0 bridgehead atoms. The lowest BCUT2D eigenvalue weighted by Gasteiger charge is -2.28. The number of halogens is 3. The fourth-order valence-corrected chi connectivity index (χ4v) is 3.28. The van der Waals surface area contributed by atoms with E-state index in [-0.39, 0.29) is 16.9 Å². The molecule has 1 amide bonds. The van der Waals surface area contributed by atoms with E-state index in [0.29, 0.717) is 37.7 Å². The molecule has 11 heteroatoms. The average Bonchev–Trinajstić information content (AvgIpc) is 2.73. The van der Waals surface area contributed by atoms with E-state index in [1.165, 1.54) is 18.2 Å². The molecule has 1 N–H and O–H groups in total. The van der Waals surface area contributed by atoms with Gasteiger partial charge in [0.15, 0.2) is 0 Å². The molecular formula is C20H21F3N4O4. The van der Waals surface area contributed by atoms with E-state index in [9.17, 15) is 28.1 Å². The first-order valence-corrected chi connectivity index (χ1v) is 9.39. The molecule has 1 fully saturated rings. The summed E-state index contributed by atoms with van der Waals surface area (Å²) in [5, 5.41) is 14.0. The zero-order valence-corrected chi connectivity index (χ0v) is 16.9. The normalized spacial score (nSPS) is 14.3. The number of morpholine rings is 1. The smallest absolute Gasteiger partial charge is 0.378 e. The fraction of sp³-hybridized carbons (Fsp3) is 0.350. The van der Waals surface area contributed by atoms with E-state index in [4.69, 9.17) is 4.74 Å².